The summed E-state index contributed by atoms with van der Waals surface area (Å²) in [6.07, 6.45) is -1.19. The second kappa shape index (κ2) is 11.8. The van der Waals surface area contributed by atoms with Gasteiger partial charge < -0.3 is 29.2 Å². The van der Waals surface area contributed by atoms with Crippen molar-refractivity contribution in [2.75, 3.05) is 48.3 Å². The quantitative estimate of drug-likeness (QED) is 0.615. The first-order chi connectivity index (χ1) is 8.37. The van der Waals surface area contributed by atoms with Crippen molar-refractivity contribution in [3.63, 3.8) is 0 Å². The molecule has 112 valence electrons. The van der Waals surface area contributed by atoms with Crippen LogP contribution in [0.25, 0.3) is 0 Å². The van der Waals surface area contributed by atoms with Crippen molar-refractivity contribution in [3.8, 4) is 0 Å². The molecule has 0 radical (unpaired) electrons. The van der Waals surface area contributed by atoms with E-state index in [-0.39, 0.29) is 19.3 Å². The third-order valence-corrected chi connectivity index (χ3v) is 2.38. The standard InChI is InChI=1S/C7H16O4.C5H12O2/c1-7(4-10-2,5-11-3)6(8)9;1-5(7-3)4-6-2/h6,8-9H,4-5H2,1-3H3;5H,4H2,1-3H3. The fourth-order valence-electron chi connectivity index (χ4n) is 1.15. The molecule has 1 atom stereocenters. The van der Waals surface area contributed by atoms with Crippen LogP contribution in [0.1, 0.15) is 13.8 Å². The maximum Gasteiger partial charge on any atom is 0.161 e. The number of hydrogen-bond acceptors (Lipinski definition) is 6. The molecule has 0 fully saturated rings. The van der Waals surface area contributed by atoms with E-state index in [4.69, 9.17) is 29.2 Å². The van der Waals surface area contributed by atoms with Gasteiger partial charge in [-0.3, -0.25) is 0 Å². The molecular weight excluding hydrogens is 240 g/mol. The molecule has 0 rings (SSSR count). The lowest BCUT2D eigenvalue weighted by molar-refractivity contribution is -0.167. The molecule has 0 aliphatic heterocycles. The average Bonchev–Trinajstić information content (AvgIpc) is 2.30. The molecule has 6 heteroatoms. The molecule has 0 saturated heterocycles. The van der Waals surface area contributed by atoms with E-state index in [0.717, 1.165) is 0 Å². The van der Waals surface area contributed by atoms with Gasteiger partial charge in [0.15, 0.2) is 6.29 Å². The van der Waals surface area contributed by atoms with Gasteiger partial charge in [0.05, 0.1) is 31.3 Å². The van der Waals surface area contributed by atoms with Gasteiger partial charge in [-0.25, -0.2) is 0 Å². The van der Waals surface area contributed by atoms with Gasteiger partial charge in [-0.15, -0.1) is 0 Å². The van der Waals surface area contributed by atoms with Gasteiger partial charge in [0.1, 0.15) is 0 Å². The Kier molecular flexibility index (Phi) is 13.2. The molecule has 0 aromatic carbocycles. The summed E-state index contributed by atoms with van der Waals surface area (Å²) in [7, 11) is 6.35. The highest BCUT2D eigenvalue weighted by Crippen LogP contribution is 2.20. The molecule has 0 spiro atoms. The molecule has 0 aliphatic rings. The van der Waals surface area contributed by atoms with Crippen molar-refractivity contribution in [2.24, 2.45) is 5.41 Å². The maximum atomic E-state index is 8.93. The molecule has 0 bridgehead atoms. The number of methoxy groups -OCH3 is 4. The summed E-state index contributed by atoms with van der Waals surface area (Å²) in [4.78, 5) is 0. The Labute approximate surface area is 110 Å². The zero-order chi connectivity index (χ0) is 14.6. The van der Waals surface area contributed by atoms with Crippen molar-refractivity contribution in [3.05, 3.63) is 0 Å². The molecule has 0 amide bonds. The van der Waals surface area contributed by atoms with Crippen LogP contribution in [0.15, 0.2) is 0 Å². The Bertz CT molecular complexity index is 168. The Morgan fingerprint density at radius 2 is 1.39 bits per heavy atom. The minimum absolute atomic E-state index is 0.227. The highest BCUT2D eigenvalue weighted by molar-refractivity contribution is 4.75. The molecule has 0 aromatic rings. The molecular formula is C12H28O6. The van der Waals surface area contributed by atoms with Crippen molar-refractivity contribution in [2.45, 2.75) is 26.2 Å². The van der Waals surface area contributed by atoms with E-state index in [1.807, 2.05) is 6.92 Å². The summed E-state index contributed by atoms with van der Waals surface area (Å²) < 4.78 is 19.3. The number of ether oxygens (including phenoxy) is 4. The normalized spacial score (nSPS) is 13.2. The minimum Gasteiger partial charge on any atom is -0.384 e. The van der Waals surface area contributed by atoms with E-state index in [0.29, 0.717) is 6.61 Å². The van der Waals surface area contributed by atoms with Crippen LogP contribution in [0.5, 0.6) is 0 Å². The molecule has 18 heavy (non-hydrogen) atoms. The van der Waals surface area contributed by atoms with Crippen molar-refractivity contribution < 1.29 is 29.2 Å². The first kappa shape index (κ1) is 20.1. The molecule has 0 aromatic heterocycles. The molecule has 2 N–H and O–H groups in total. The third-order valence-electron chi connectivity index (χ3n) is 2.38. The minimum atomic E-state index is -1.41. The van der Waals surface area contributed by atoms with Crippen LogP contribution >= 0.6 is 0 Å². The molecule has 0 aliphatic carbocycles. The largest absolute Gasteiger partial charge is 0.384 e. The fraction of sp³-hybridized carbons (Fsp3) is 1.00. The van der Waals surface area contributed by atoms with Gasteiger partial charge in [-0.2, -0.15) is 0 Å². The summed E-state index contributed by atoms with van der Waals surface area (Å²) in [5.41, 5.74) is -0.733. The predicted molar refractivity (Wildman–Crippen MR) is 68.4 cm³/mol. The van der Waals surface area contributed by atoms with E-state index in [1.54, 1.807) is 21.1 Å². The Morgan fingerprint density at radius 3 is 1.56 bits per heavy atom. The van der Waals surface area contributed by atoms with Crippen LogP contribution in [0, 0.1) is 5.41 Å². The summed E-state index contributed by atoms with van der Waals surface area (Å²) in [5.74, 6) is 0. The van der Waals surface area contributed by atoms with E-state index >= 15 is 0 Å². The van der Waals surface area contributed by atoms with Gasteiger partial charge in [0.2, 0.25) is 0 Å². The van der Waals surface area contributed by atoms with Crippen molar-refractivity contribution in [1.82, 2.24) is 0 Å². The summed E-state index contributed by atoms with van der Waals surface area (Å²) >= 11 is 0. The molecule has 1 unspecified atom stereocenters. The van der Waals surface area contributed by atoms with Crippen LogP contribution < -0.4 is 0 Å². The number of aliphatic hydroxyl groups excluding tert-OH is 1. The Morgan fingerprint density at radius 1 is 0.944 bits per heavy atom. The second-order valence-corrected chi connectivity index (χ2v) is 4.40. The van der Waals surface area contributed by atoms with Crippen LogP contribution in [-0.4, -0.2) is 70.9 Å². The lowest BCUT2D eigenvalue weighted by Gasteiger charge is -2.29. The summed E-state index contributed by atoms with van der Waals surface area (Å²) in [6.45, 7) is 4.85. The average molecular weight is 268 g/mol. The SMILES string of the molecule is COCC(C)(COC)C(O)O.COCC(C)OC. The van der Waals surface area contributed by atoms with E-state index in [9.17, 15) is 0 Å². The van der Waals surface area contributed by atoms with Crippen LogP contribution in [0.4, 0.5) is 0 Å². The van der Waals surface area contributed by atoms with Gasteiger partial charge >= 0.3 is 0 Å². The smallest absolute Gasteiger partial charge is 0.161 e. The maximum absolute atomic E-state index is 8.93. The number of hydrogen-bond donors (Lipinski definition) is 2. The lowest BCUT2D eigenvalue weighted by atomic mass is 9.92. The fourth-order valence-corrected chi connectivity index (χ4v) is 1.15. The topological polar surface area (TPSA) is 77.4 Å². The number of rotatable bonds is 8. The Hall–Kier alpha value is -0.240. The highest BCUT2D eigenvalue weighted by Gasteiger charge is 2.31. The number of aliphatic hydroxyl groups is 2. The van der Waals surface area contributed by atoms with Crippen LogP contribution in [0.3, 0.4) is 0 Å². The molecule has 0 saturated carbocycles. The van der Waals surface area contributed by atoms with E-state index in [1.165, 1.54) is 14.2 Å². The van der Waals surface area contributed by atoms with Crippen LogP contribution in [-0.2, 0) is 18.9 Å². The van der Waals surface area contributed by atoms with Crippen LogP contribution in [0.2, 0.25) is 0 Å². The van der Waals surface area contributed by atoms with Gasteiger partial charge in [-0.1, -0.05) is 6.92 Å². The predicted octanol–water partition coefficient (Wildman–Crippen LogP) is 0.264. The summed E-state index contributed by atoms with van der Waals surface area (Å²) in [5, 5.41) is 17.9. The Balaban J connectivity index is 0. The van der Waals surface area contributed by atoms with E-state index in [2.05, 4.69) is 0 Å². The second-order valence-electron chi connectivity index (χ2n) is 4.40. The first-order valence-electron chi connectivity index (χ1n) is 5.73. The van der Waals surface area contributed by atoms with Gasteiger partial charge in [-0.05, 0) is 6.92 Å². The van der Waals surface area contributed by atoms with Gasteiger partial charge in [0.25, 0.3) is 0 Å². The lowest BCUT2D eigenvalue weighted by Crippen LogP contribution is -2.40. The zero-order valence-electron chi connectivity index (χ0n) is 12.3. The highest BCUT2D eigenvalue weighted by atomic mass is 16.5. The monoisotopic (exact) mass is 268 g/mol. The molecule has 6 nitrogen and oxygen atoms in total. The first-order valence-corrected chi connectivity index (χ1v) is 5.73. The van der Waals surface area contributed by atoms with Crippen molar-refractivity contribution >= 4 is 0 Å². The third kappa shape index (κ3) is 9.76. The zero-order valence-corrected chi connectivity index (χ0v) is 12.3. The van der Waals surface area contributed by atoms with Gasteiger partial charge in [0, 0.05) is 28.4 Å². The van der Waals surface area contributed by atoms with Crippen molar-refractivity contribution in [1.29, 1.82) is 0 Å². The molecule has 0 heterocycles. The van der Waals surface area contributed by atoms with E-state index < -0.39 is 11.7 Å². The summed E-state index contributed by atoms with van der Waals surface area (Å²) in [6, 6.07) is 0.